The second-order valence-electron chi connectivity index (χ2n) is 8.03. The molecule has 5 nitrogen and oxygen atoms in total. The first-order chi connectivity index (χ1) is 14.0. The van der Waals surface area contributed by atoms with Crippen molar-refractivity contribution in [3.63, 3.8) is 0 Å². The van der Waals surface area contributed by atoms with E-state index in [0.717, 1.165) is 31.1 Å². The van der Waals surface area contributed by atoms with Gasteiger partial charge in [-0.05, 0) is 74.6 Å². The molecular formula is C24H31N3O2. The predicted molar refractivity (Wildman–Crippen MR) is 119 cm³/mol. The highest BCUT2D eigenvalue weighted by molar-refractivity contribution is 6.06. The Morgan fingerprint density at radius 3 is 2.28 bits per heavy atom. The summed E-state index contributed by atoms with van der Waals surface area (Å²) in [5.74, 6) is 0.421. The van der Waals surface area contributed by atoms with E-state index in [-0.39, 0.29) is 17.9 Å². The molecule has 154 valence electrons. The van der Waals surface area contributed by atoms with E-state index in [4.69, 9.17) is 0 Å². The number of carbonyl (C=O) groups is 2. The van der Waals surface area contributed by atoms with Crippen LogP contribution in [0.4, 0.5) is 11.4 Å². The highest BCUT2D eigenvalue weighted by atomic mass is 16.2. The fourth-order valence-corrected chi connectivity index (χ4v) is 3.44. The second-order valence-corrected chi connectivity index (χ2v) is 8.03. The summed E-state index contributed by atoms with van der Waals surface area (Å²) in [7, 11) is 0. The van der Waals surface area contributed by atoms with Crippen LogP contribution in [0.3, 0.4) is 0 Å². The van der Waals surface area contributed by atoms with E-state index in [9.17, 15) is 9.59 Å². The van der Waals surface area contributed by atoms with Gasteiger partial charge in [-0.2, -0.15) is 0 Å². The minimum absolute atomic E-state index is 0.0987. The smallest absolute Gasteiger partial charge is 0.255 e. The third-order valence-electron chi connectivity index (χ3n) is 5.65. The molecular weight excluding hydrogens is 362 g/mol. The van der Waals surface area contributed by atoms with Gasteiger partial charge >= 0.3 is 0 Å². The van der Waals surface area contributed by atoms with Crippen LogP contribution in [-0.2, 0) is 0 Å². The number of rotatable bonds is 6. The molecule has 1 fully saturated rings. The maximum Gasteiger partial charge on any atom is 0.255 e. The molecule has 0 radical (unpaired) electrons. The quantitative estimate of drug-likeness (QED) is 0.748. The number of hydrogen-bond acceptors (Lipinski definition) is 3. The van der Waals surface area contributed by atoms with E-state index in [1.807, 2.05) is 26.0 Å². The van der Waals surface area contributed by atoms with Gasteiger partial charge < -0.3 is 15.5 Å². The summed E-state index contributed by atoms with van der Waals surface area (Å²) in [5.41, 5.74) is 2.90. The van der Waals surface area contributed by atoms with E-state index < -0.39 is 0 Å². The summed E-state index contributed by atoms with van der Waals surface area (Å²) in [4.78, 5) is 27.3. The van der Waals surface area contributed by atoms with Crippen molar-refractivity contribution in [2.75, 3.05) is 23.3 Å². The molecule has 1 heterocycles. The van der Waals surface area contributed by atoms with Crippen LogP contribution >= 0.6 is 0 Å². The first-order valence-electron chi connectivity index (χ1n) is 10.5. The van der Waals surface area contributed by atoms with Crippen molar-refractivity contribution in [1.29, 1.82) is 0 Å². The molecule has 0 saturated carbocycles. The van der Waals surface area contributed by atoms with Crippen molar-refractivity contribution in [2.45, 2.75) is 46.1 Å². The average Bonchev–Trinajstić information content (AvgIpc) is 2.75. The molecule has 1 atom stereocenters. The highest BCUT2D eigenvalue weighted by Gasteiger charge is 2.16. The van der Waals surface area contributed by atoms with Gasteiger partial charge in [-0.25, -0.2) is 0 Å². The number of hydrogen-bond donors (Lipinski definition) is 2. The Morgan fingerprint density at radius 2 is 1.66 bits per heavy atom. The first-order valence-corrected chi connectivity index (χ1v) is 10.5. The number of nitrogens with one attached hydrogen (secondary N) is 2. The van der Waals surface area contributed by atoms with Gasteiger partial charge in [0.2, 0.25) is 0 Å². The van der Waals surface area contributed by atoms with Crippen LogP contribution in [-0.4, -0.2) is 30.9 Å². The largest absolute Gasteiger partial charge is 0.372 e. The maximum absolute atomic E-state index is 12.6. The van der Waals surface area contributed by atoms with Crippen LogP contribution in [0.5, 0.6) is 0 Å². The molecule has 1 unspecified atom stereocenters. The normalized spacial score (nSPS) is 15.6. The van der Waals surface area contributed by atoms with Gasteiger partial charge in [0.15, 0.2) is 0 Å². The molecule has 1 aliphatic heterocycles. The summed E-state index contributed by atoms with van der Waals surface area (Å²) in [6.07, 6.45) is 3.30. The molecule has 0 bridgehead atoms. The van der Waals surface area contributed by atoms with Gasteiger partial charge in [0.1, 0.15) is 0 Å². The molecule has 29 heavy (non-hydrogen) atoms. The van der Waals surface area contributed by atoms with Crippen LogP contribution < -0.4 is 15.5 Å². The number of nitrogens with zero attached hydrogens (tertiary/aromatic N) is 1. The molecule has 3 rings (SSSR count). The monoisotopic (exact) mass is 393 g/mol. The molecule has 0 aliphatic carbocycles. The maximum atomic E-state index is 12.6. The van der Waals surface area contributed by atoms with Gasteiger partial charge in [0.25, 0.3) is 11.8 Å². The van der Waals surface area contributed by atoms with Gasteiger partial charge in [-0.1, -0.05) is 19.9 Å². The van der Waals surface area contributed by atoms with Crippen molar-refractivity contribution in [1.82, 2.24) is 5.32 Å². The second kappa shape index (κ2) is 9.59. The Morgan fingerprint density at radius 1 is 1.03 bits per heavy atom. The van der Waals surface area contributed by atoms with Crippen LogP contribution in [0.15, 0.2) is 48.5 Å². The average molecular weight is 394 g/mol. The molecule has 2 N–H and O–H groups in total. The van der Waals surface area contributed by atoms with E-state index in [2.05, 4.69) is 34.6 Å². The first kappa shape index (κ1) is 20.9. The van der Waals surface area contributed by atoms with Crippen molar-refractivity contribution in [3.05, 3.63) is 59.7 Å². The zero-order valence-electron chi connectivity index (χ0n) is 17.6. The van der Waals surface area contributed by atoms with Crippen LogP contribution in [0.25, 0.3) is 0 Å². The zero-order valence-corrected chi connectivity index (χ0v) is 17.6. The summed E-state index contributed by atoms with van der Waals surface area (Å²) in [6.45, 7) is 8.45. The van der Waals surface area contributed by atoms with Crippen molar-refractivity contribution >= 4 is 23.2 Å². The van der Waals surface area contributed by atoms with Gasteiger partial charge in [-0.3, -0.25) is 9.59 Å². The Hall–Kier alpha value is -2.82. The number of amides is 2. The van der Waals surface area contributed by atoms with E-state index in [0.29, 0.717) is 11.1 Å². The summed E-state index contributed by atoms with van der Waals surface area (Å²) < 4.78 is 0. The van der Waals surface area contributed by atoms with E-state index >= 15 is 0 Å². The number of carbonyl (C=O) groups excluding carboxylic acids is 2. The summed E-state index contributed by atoms with van der Waals surface area (Å²) in [5, 5.41) is 5.85. The van der Waals surface area contributed by atoms with Crippen LogP contribution in [0.2, 0.25) is 0 Å². The lowest BCUT2D eigenvalue weighted by Gasteiger charge is -2.32. The lowest BCUT2D eigenvalue weighted by Crippen LogP contribution is -2.32. The van der Waals surface area contributed by atoms with Gasteiger partial charge in [0.05, 0.1) is 0 Å². The molecule has 2 amide bonds. The van der Waals surface area contributed by atoms with E-state index in [1.165, 1.54) is 18.5 Å². The Kier molecular flexibility index (Phi) is 6.91. The third-order valence-corrected chi connectivity index (χ3v) is 5.65. The fourth-order valence-electron chi connectivity index (χ4n) is 3.44. The Balaban J connectivity index is 1.63. The highest BCUT2D eigenvalue weighted by Crippen LogP contribution is 2.24. The fraction of sp³-hybridized carbons (Fsp3) is 0.417. The van der Waals surface area contributed by atoms with Crippen molar-refractivity contribution in [2.24, 2.45) is 5.92 Å². The minimum Gasteiger partial charge on any atom is -0.372 e. The lowest BCUT2D eigenvalue weighted by molar-refractivity contribution is 0.0939. The van der Waals surface area contributed by atoms with Crippen molar-refractivity contribution < 1.29 is 9.59 Å². The molecule has 1 aliphatic rings. The lowest BCUT2D eigenvalue weighted by atomic mass is 9.99. The van der Waals surface area contributed by atoms with Crippen molar-refractivity contribution in [3.8, 4) is 0 Å². The molecule has 5 heteroatoms. The Labute approximate surface area is 173 Å². The number of anilines is 2. The minimum atomic E-state index is -0.220. The topological polar surface area (TPSA) is 61.4 Å². The third kappa shape index (κ3) is 5.59. The SMILES string of the molecule is CCC(C)NC(=O)c1cccc(C(=O)Nc2ccc(N3CCC(C)CC3)cc2)c1. The molecule has 1 saturated heterocycles. The Bertz CT molecular complexity index is 839. The summed E-state index contributed by atoms with van der Waals surface area (Å²) >= 11 is 0. The predicted octanol–water partition coefficient (Wildman–Crippen LogP) is 4.70. The van der Waals surface area contributed by atoms with E-state index in [1.54, 1.807) is 24.3 Å². The molecule has 2 aromatic rings. The van der Waals surface area contributed by atoms with Gasteiger partial charge in [-0.15, -0.1) is 0 Å². The summed E-state index contributed by atoms with van der Waals surface area (Å²) in [6, 6.07) is 14.9. The zero-order chi connectivity index (χ0) is 20.8. The number of piperidine rings is 1. The molecule has 0 aromatic heterocycles. The molecule has 0 spiro atoms. The number of benzene rings is 2. The van der Waals surface area contributed by atoms with Crippen LogP contribution in [0.1, 0.15) is 60.7 Å². The van der Waals surface area contributed by atoms with Crippen LogP contribution in [0, 0.1) is 5.92 Å². The standard InChI is InChI=1S/C24H31N3O2/c1-4-18(3)25-23(28)19-6-5-7-20(16-19)24(29)26-21-8-10-22(11-9-21)27-14-12-17(2)13-15-27/h5-11,16-18H,4,12-15H2,1-3H3,(H,25,28)(H,26,29). The van der Waals surface area contributed by atoms with Gasteiger partial charge in [0, 0.05) is 41.6 Å². The molecule has 2 aromatic carbocycles.